The van der Waals surface area contributed by atoms with Crippen molar-refractivity contribution < 1.29 is 0 Å². The maximum Gasteiger partial charge on any atom is -0.0355 e. The molecular weight excluding hydrogens is 168 g/mol. The van der Waals surface area contributed by atoms with Crippen molar-refractivity contribution in [3.05, 3.63) is 6.42 Å². The third-order valence-electron chi connectivity index (χ3n) is 3.46. The van der Waals surface area contributed by atoms with E-state index in [4.69, 9.17) is 0 Å². The summed E-state index contributed by atoms with van der Waals surface area (Å²) in [7, 11) is 0. The highest BCUT2D eigenvalue weighted by atomic mass is 14.2. The number of hydrogen-bond acceptors (Lipinski definition) is 0. The summed E-state index contributed by atoms with van der Waals surface area (Å²) in [5.74, 6) is 0.965. The zero-order valence-electron chi connectivity index (χ0n) is 9.93. The van der Waals surface area contributed by atoms with Gasteiger partial charge in [0.1, 0.15) is 0 Å². The highest BCUT2D eigenvalue weighted by Crippen LogP contribution is 2.25. The first-order valence-corrected chi connectivity index (χ1v) is 6.77. The minimum atomic E-state index is 0.965. The van der Waals surface area contributed by atoms with Crippen LogP contribution in [0.4, 0.5) is 0 Å². The molecule has 83 valence electrons. The molecule has 0 spiro atoms. The lowest BCUT2D eigenvalue weighted by Gasteiger charge is -2.18. The Balaban J connectivity index is 2.02. The van der Waals surface area contributed by atoms with Gasteiger partial charge in [0.25, 0.3) is 0 Å². The Bertz CT molecular complexity index is 109. The Kier molecular flexibility index (Phi) is 7.17. The smallest absolute Gasteiger partial charge is 0.0355 e. The monoisotopic (exact) mass is 195 g/mol. The molecule has 0 N–H and O–H groups in total. The molecule has 0 unspecified atom stereocenters. The Hall–Kier alpha value is 0. The van der Waals surface area contributed by atoms with Gasteiger partial charge in [-0.2, -0.15) is 0 Å². The molecule has 14 heavy (non-hydrogen) atoms. The van der Waals surface area contributed by atoms with Crippen LogP contribution >= 0.6 is 0 Å². The standard InChI is InChI=1S/C14H27/c1-2-3-4-8-11-14-12-9-6-5-7-10-13-14/h11,14H,2-10,12-13H2,1H3. The minimum Gasteiger partial charge on any atom is -0.0654 e. The van der Waals surface area contributed by atoms with E-state index < -0.39 is 0 Å². The second-order valence-electron chi connectivity index (χ2n) is 4.84. The average Bonchev–Trinajstić information content (AvgIpc) is 2.15. The maximum atomic E-state index is 2.63. The average molecular weight is 195 g/mol. The topological polar surface area (TPSA) is 0 Å². The van der Waals surface area contributed by atoms with Crippen LogP contribution < -0.4 is 0 Å². The van der Waals surface area contributed by atoms with Gasteiger partial charge in [0.05, 0.1) is 0 Å². The van der Waals surface area contributed by atoms with E-state index in [-0.39, 0.29) is 0 Å². The zero-order valence-corrected chi connectivity index (χ0v) is 9.93. The van der Waals surface area contributed by atoms with Crippen LogP contribution in [0.1, 0.15) is 77.6 Å². The van der Waals surface area contributed by atoms with Crippen LogP contribution in [0.3, 0.4) is 0 Å². The van der Waals surface area contributed by atoms with Gasteiger partial charge in [-0.15, -0.1) is 0 Å². The van der Waals surface area contributed by atoms with Gasteiger partial charge in [0.15, 0.2) is 0 Å². The van der Waals surface area contributed by atoms with Crippen molar-refractivity contribution in [3.63, 3.8) is 0 Å². The zero-order chi connectivity index (χ0) is 10.1. The lowest BCUT2D eigenvalue weighted by Crippen LogP contribution is -2.04. The van der Waals surface area contributed by atoms with Crippen LogP contribution in [-0.2, 0) is 0 Å². The third-order valence-corrected chi connectivity index (χ3v) is 3.46. The molecule has 0 nitrogen and oxygen atoms in total. The van der Waals surface area contributed by atoms with Gasteiger partial charge in [0.2, 0.25) is 0 Å². The first-order chi connectivity index (χ1) is 6.93. The van der Waals surface area contributed by atoms with Crippen molar-refractivity contribution in [1.29, 1.82) is 0 Å². The number of unbranched alkanes of at least 4 members (excludes halogenated alkanes) is 3. The molecule has 1 aliphatic rings. The summed E-state index contributed by atoms with van der Waals surface area (Å²) in [5.41, 5.74) is 0. The molecule has 0 heteroatoms. The van der Waals surface area contributed by atoms with Crippen molar-refractivity contribution in [2.75, 3.05) is 0 Å². The Morgan fingerprint density at radius 1 is 0.929 bits per heavy atom. The van der Waals surface area contributed by atoms with Crippen LogP contribution in [0.15, 0.2) is 0 Å². The van der Waals surface area contributed by atoms with E-state index in [2.05, 4.69) is 13.3 Å². The molecule has 0 saturated heterocycles. The van der Waals surface area contributed by atoms with Crippen molar-refractivity contribution in [2.45, 2.75) is 77.6 Å². The van der Waals surface area contributed by atoms with E-state index in [1.54, 1.807) is 0 Å². The molecule has 0 aromatic carbocycles. The van der Waals surface area contributed by atoms with E-state index >= 15 is 0 Å². The van der Waals surface area contributed by atoms with Gasteiger partial charge in [-0.1, -0.05) is 71.1 Å². The van der Waals surface area contributed by atoms with Gasteiger partial charge in [-0.05, 0) is 18.8 Å². The Morgan fingerprint density at radius 3 is 2.21 bits per heavy atom. The van der Waals surface area contributed by atoms with Gasteiger partial charge in [0, 0.05) is 0 Å². The summed E-state index contributed by atoms with van der Waals surface area (Å²) >= 11 is 0. The second-order valence-corrected chi connectivity index (χ2v) is 4.84. The second kappa shape index (κ2) is 8.32. The molecule has 1 saturated carbocycles. The van der Waals surface area contributed by atoms with Crippen molar-refractivity contribution in [1.82, 2.24) is 0 Å². The summed E-state index contributed by atoms with van der Waals surface area (Å²) < 4.78 is 0. The van der Waals surface area contributed by atoms with Gasteiger partial charge < -0.3 is 0 Å². The largest absolute Gasteiger partial charge is 0.0654 e. The molecule has 0 heterocycles. The van der Waals surface area contributed by atoms with Gasteiger partial charge >= 0.3 is 0 Å². The number of rotatable bonds is 5. The van der Waals surface area contributed by atoms with Crippen molar-refractivity contribution >= 4 is 0 Å². The summed E-state index contributed by atoms with van der Waals surface area (Å²) in [6, 6.07) is 0. The fourth-order valence-electron chi connectivity index (χ4n) is 2.47. The highest BCUT2D eigenvalue weighted by molar-refractivity contribution is 4.77. The lowest BCUT2D eigenvalue weighted by atomic mass is 9.87. The predicted octanol–water partition coefficient (Wildman–Crippen LogP) is 5.13. The van der Waals surface area contributed by atoms with Crippen LogP contribution in [0.5, 0.6) is 0 Å². The molecule has 0 aromatic heterocycles. The first kappa shape index (κ1) is 12.1. The molecule has 1 aliphatic carbocycles. The minimum absolute atomic E-state index is 0.965. The molecule has 0 amide bonds. The molecule has 0 aliphatic heterocycles. The van der Waals surface area contributed by atoms with E-state index in [1.807, 2.05) is 0 Å². The van der Waals surface area contributed by atoms with Crippen LogP contribution in [0.2, 0.25) is 0 Å². The van der Waals surface area contributed by atoms with E-state index in [1.165, 1.54) is 70.6 Å². The van der Waals surface area contributed by atoms with Crippen LogP contribution in [0.25, 0.3) is 0 Å². The van der Waals surface area contributed by atoms with Crippen LogP contribution in [0, 0.1) is 12.3 Å². The summed E-state index contributed by atoms with van der Waals surface area (Å²) in [5, 5.41) is 0. The molecule has 0 bridgehead atoms. The van der Waals surface area contributed by atoms with Gasteiger partial charge in [-0.3, -0.25) is 0 Å². The molecular formula is C14H27. The fourth-order valence-corrected chi connectivity index (χ4v) is 2.47. The normalized spacial score (nSPS) is 20.4. The Labute approximate surface area is 90.5 Å². The number of hydrogen-bond donors (Lipinski definition) is 0. The van der Waals surface area contributed by atoms with Crippen molar-refractivity contribution in [2.24, 2.45) is 5.92 Å². The molecule has 1 fully saturated rings. The molecule has 1 radical (unpaired) electrons. The maximum absolute atomic E-state index is 2.63. The predicted molar refractivity (Wildman–Crippen MR) is 64.3 cm³/mol. The fraction of sp³-hybridized carbons (Fsp3) is 0.929. The van der Waals surface area contributed by atoms with E-state index in [0.29, 0.717) is 0 Å². The Morgan fingerprint density at radius 2 is 1.57 bits per heavy atom. The molecule has 0 atom stereocenters. The van der Waals surface area contributed by atoms with E-state index in [9.17, 15) is 0 Å². The van der Waals surface area contributed by atoms with Crippen LogP contribution in [-0.4, -0.2) is 0 Å². The molecule has 0 aromatic rings. The summed E-state index contributed by atoms with van der Waals surface area (Å²) in [6.45, 7) is 2.29. The van der Waals surface area contributed by atoms with Crippen molar-refractivity contribution in [3.8, 4) is 0 Å². The third kappa shape index (κ3) is 5.67. The summed E-state index contributed by atoms with van der Waals surface area (Å²) in [6.07, 6.45) is 18.6. The SMILES string of the molecule is CCCCC[CH]C1CCCCCCC1. The molecule has 1 rings (SSSR count). The highest BCUT2D eigenvalue weighted by Gasteiger charge is 2.10. The van der Waals surface area contributed by atoms with E-state index in [0.717, 1.165) is 5.92 Å². The first-order valence-electron chi connectivity index (χ1n) is 6.77. The summed E-state index contributed by atoms with van der Waals surface area (Å²) in [4.78, 5) is 0. The quantitative estimate of drug-likeness (QED) is 0.533. The lowest BCUT2D eigenvalue weighted by molar-refractivity contribution is 0.405. The van der Waals surface area contributed by atoms with Gasteiger partial charge in [-0.25, -0.2) is 0 Å².